The fourth-order valence-corrected chi connectivity index (χ4v) is 3.36. The quantitative estimate of drug-likeness (QED) is 0.353. The molecular weight excluding hydrogens is 362 g/mol. The average Bonchev–Trinajstić information content (AvgIpc) is 3.09. The van der Waals surface area contributed by atoms with E-state index in [0.29, 0.717) is 29.1 Å². The van der Waals surface area contributed by atoms with Crippen LogP contribution < -0.4 is 0 Å². The van der Waals surface area contributed by atoms with Gasteiger partial charge in [0.1, 0.15) is 5.03 Å². The van der Waals surface area contributed by atoms with Crippen molar-refractivity contribution in [1.82, 2.24) is 9.55 Å². The largest absolute Gasteiger partial charge is 0.454 e. The Morgan fingerprint density at radius 3 is 2.81 bits per heavy atom. The molecule has 0 aliphatic carbocycles. The molecule has 3 aromatic rings. The molecule has 0 unspecified atom stereocenters. The smallest absolute Gasteiger partial charge is 0.341 e. The molecule has 0 bridgehead atoms. The van der Waals surface area contributed by atoms with E-state index in [9.17, 15) is 9.59 Å². The molecule has 2 heterocycles. The van der Waals surface area contributed by atoms with Gasteiger partial charge in [0.15, 0.2) is 6.61 Å². The lowest BCUT2D eigenvalue weighted by Crippen LogP contribution is -2.15. The highest BCUT2D eigenvalue weighted by Gasteiger charge is 2.18. The van der Waals surface area contributed by atoms with Crippen LogP contribution >= 0.6 is 11.8 Å². The number of ether oxygens (including phenoxy) is 1. The Bertz CT molecular complexity index is 1040. The van der Waals surface area contributed by atoms with Gasteiger partial charge in [0.2, 0.25) is 5.78 Å². The Morgan fingerprint density at radius 1 is 1.22 bits per heavy atom. The molecule has 0 saturated carbocycles. The van der Waals surface area contributed by atoms with Crippen molar-refractivity contribution in [2.45, 2.75) is 18.0 Å². The van der Waals surface area contributed by atoms with Crippen molar-refractivity contribution < 1.29 is 14.3 Å². The van der Waals surface area contributed by atoms with E-state index in [1.165, 1.54) is 11.8 Å². The normalized spacial score (nSPS) is 10.5. The summed E-state index contributed by atoms with van der Waals surface area (Å²) in [5.41, 5.74) is 1.70. The lowest BCUT2D eigenvalue weighted by atomic mass is 10.1. The number of Topliss-reactive ketones (excluding diaryl/α,β-unsaturated/α-hetero) is 1. The Labute approximate surface area is 160 Å². The fourth-order valence-electron chi connectivity index (χ4n) is 2.82. The van der Waals surface area contributed by atoms with E-state index < -0.39 is 5.97 Å². The molecule has 0 saturated heterocycles. The van der Waals surface area contributed by atoms with Gasteiger partial charge in [0.05, 0.1) is 18.1 Å². The molecule has 0 radical (unpaired) electrons. The van der Waals surface area contributed by atoms with Crippen LogP contribution in [0.5, 0.6) is 0 Å². The molecule has 27 heavy (non-hydrogen) atoms. The number of rotatable bonds is 7. The zero-order valence-corrected chi connectivity index (χ0v) is 15.5. The Morgan fingerprint density at radius 2 is 2.04 bits per heavy atom. The van der Waals surface area contributed by atoms with Crippen LogP contribution in [0, 0.1) is 11.3 Å². The molecule has 1 aromatic carbocycles. The van der Waals surface area contributed by atoms with Crippen molar-refractivity contribution in [3.63, 3.8) is 0 Å². The summed E-state index contributed by atoms with van der Waals surface area (Å²) in [5.74, 6) is -0.862. The molecule has 3 rings (SSSR count). The molecule has 7 heteroatoms. The molecule has 136 valence electrons. The van der Waals surface area contributed by atoms with Gasteiger partial charge >= 0.3 is 5.97 Å². The average molecular weight is 379 g/mol. The van der Waals surface area contributed by atoms with E-state index in [1.54, 1.807) is 24.5 Å². The first kappa shape index (κ1) is 18.7. The molecule has 0 N–H and O–H groups in total. The third kappa shape index (κ3) is 4.01. The Kier molecular flexibility index (Phi) is 5.89. The summed E-state index contributed by atoms with van der Waals surface area (Å²) in [4.78, 5) is 29.1. The van der Waals surface area contributed by atoms with Gasteiger partial charge in [-0.2, -0.15) is 5.26 Å². The highest BCUT2D eigenvalue weighted by Crippen LogP contribution is 2.23. The van der Waals surface area contributed by atoms with Crippen molar-refractivity contribution in [1.29, 1.82) is 5.26 Å². The van der Waals surface area contributed by atoms with Gasteiger partial charge in [-0.3, -0.25) is 4.79 Å². The molecule has 2 aromatic heterocycles. The number of esters is 1. The summed E-state index contributed by atoms with van der Waals surface area (Å²) in [6, 6.07) is 12.9. The summed E-state index contributed by atoms with van der Waals surface area (Å²) < 4.78 is 7.10. The lowest BCUT2D eigenvalue weighted by Gasteiger charge is -2.06. The van der Waals surface area contributed by atoms with Crippen LogP contribution in [-0.2, 0) is 11.3 Å². The van der Waals surface area contributed by atoms with Gasteiger partial charge < -0.3 is 9.30 Å². The van der Waals surface area contributed by atoms with Gasteiger partial charge in [-0.15, -0.1) is 11.8 Å². The predicted molar refractivity (Wildman–Crippen MR) is 103 cm³/mol. The van der Waals surface area contributed by atoms with Crippen molar-refractivity contribution in [3.8, 4) is 6.07 Å². The minimum Gasteiger partial charge on any atom is -0.454 e. The van der Waals surface area contributed by atoms with Crippen LogP contribution in [0.3, 0.4) is 0 Å². The molecule has 0 spiro atoms. The highest BCUT2D eigenvalue weighted by atomic mass is 32.2. The first-order chi connectivity index (χ1) is 13.2. The SMILES string of the molecule is CSc1ncccc1C(=O)OCC(=O)c1cn(CCC#N)c2ccccc12. The van der Waals surface area contributed by atoms with Gasteiger partial charge in [-0.1, -0.05) is 18.2 Å². The predicted octanol–water partition coefficient (Wildman–Crippen LogP) is 3.71. The summed E-state index contributed by atoms with van der Waals surface area (Å²) in [5, 5.41) is 10.2. The van der Waals surface area contributed by atoms with Crippen LogP contribution in [-0.4, -0.2) is 34.2 Å². The second-order valence-corrected chi connectivity index (χ2v) is 6.52. The Balaban J connectivity index is 1.78. The summed E-state index contributed by atoms with van der Waals surface area (Å²) in [7, 11) is 0. The number of carbonyl (C=O) groups excluding carboxylic acids is 2. The number of benzene rings is 1. The summed E-state index contributed by atoms with van der Waals surface area (Å²) in [6.07, 6.45) is 5.49. The number of nitriles is 1. The van der Waals surface area contributed by atoms with Crippen molar-refractivity contribution in [3.05, 3.63) is 59.9 Å². The van der Waals surface area contributed by atoms with E-state index in [1.807, 2.05) is 35.1 Å². The van der Waals surface area contributed by atoms with Crippen LogP contribution in [0.2, 0.25) is 0 Å². The number of nitrogens with zero attached hydrogens (tertiary/aromatic N) is 3. The number of aromatic nitrogens is 2. The number of carbonyl (C=O) groups is 2. The van der Waals surface area contributed by atoms with Gasteiger partial charge in [-0.05, 0) is 24.5 Å². The zero-order chi connectivity index (χ0) is 19.2. The van der Waals surface area contributed by atoms with Crippen LogP contribution in [0.1, 0.15) is 27.1 Å². The number of aryl methyl sites for hydroxylation is 1. The van der Waals surface area contributed by atoms with E-state index in [4.69, 9.17) is 10.00 Å². The minimum atomic E-state index is -0.575. The topological polar surface area (TPSA) is 85.0 Å². The van der Waals surface area contributed by atoms with Crippen molar-refractivity contribution in [2.75, 3.05) is 12.9 Å². The highest BCUT2D eigenvalue weighted by molar-refractivity contribution is 7.98. The maximum absolute atomic E-state index is 12.7. The number of pyridine rings is 1. The monoisotopic (exact) mass is 379 g/mol. The first-order valence-corrected chi connectivity index (χ1v) is 9.52. The molecule has 0 fully saturated rings. The number of thioether (sulfide) groups is 1. The van der Waals surface area contributed by atoms with Gasteiger partial charge in [0.25, 0.3) is 0 Å². The summed E-state index contributed by atoms with van der Waals surface area (Å²) >= 11 is 1.34. The second kappa shape index (κ2) is 8.52. The van der Waals surface area contributed by atoms with E-state index in [0.717, 1.165) is 10.9 Å². The molecule has 0 aliphatic rings. The fraction of sp³-hybridized carbons (Fsp3) is 0.200. The third-order valence-electron chi connectivity index (χ3n) is 4.07. The third-order valence-corrected chi connectivity index (χ3v) is 4.78. The molecule has 0 aliphatic heterocycles. The van der Waals surface area contributed by atoms with E-state index in [-0.39, 0.29) is 12.4 Å². The van der Waals surface area contributed by atoms with Crippen molar-refractivity contribution in [2.24, 2.45) is 0 Å². The Hall–Kier alpha value is -3.11. The first-order valence-electron chi connectivity index (χ1n) is 8.30. The molecular formula is C20H17N3O3S. The molecule has 6 nitrogen and oxygen atoms in total. The van der Waals surface area contributed by atoms with E-state index in [2.05, 4.69) is 11.1 Å². The van der Waals surface area contributed by atoms with Crippen molar-refractivity contribution >= 4 is 34.4 Å². The summed E-state index contributed by atoms with van der Waals surface area (Å²) in [6.45, 7) is 0.144. The standard InChI is InChI=1S/C20H17N3O3S/c1-27-19-15(7-4-10-22-19)20(25)26-13-18(24)16-12-23(11-5-9-21)17-8-3-2-6-14(16)17/h2-4,6-8,10,12H,5,11,13H2,1H3. The number of para-hydroxylation sites is 1. The number of hydrogen-bond donors (Lipinski definition) is 0. The van der Waals surface area contributed by atoms with Crippen LogP contribution in [0.25, 0.3) is 10.9 Å². The van der Waals surface area contributed by atoms with E-state index >= 15 is 0 Å². The molecule has 0 atom stereocenters. The molecule has 0 amide bonds. The zero-order valence-electron chi connectivity index (χ0n) is 14.7. The maximum atomic E-state index is 12.7. The minimum absolute atomic E-state index is 0.287. The van der Waals surface area contributed by atoms with Gasteiger partial charge in [0, 0.05) is 35.4 Å². The number of hydrogen-bond acceptors (Lipinski definition) is 6. The number of fused-ring (bicyclic) bond motifs is 1. The second-order valence-electron chi connectivity index (χ2n) is 5.72. The lowest BCUT2D eigenvalue weighted by molar-refractivity contribution is 0.0471. The van der Waals surface area contributed by atoms with Crippen LogP contribution in [0.4, 0.5) is 0 Å². The maximum Gasteiger partial charge on any atom is 0.341 e. The van der Waals surface area contributed by atoms with Crippen LogP contribution in [0.15, 0.2) is 53.8 Å². The number of ketones is 1. The van der Waals surface area contributed by atoms with Gasteiger partial charge in [-0.25, -0.2) is 9.78 Å².